The van der Waals surface area contributed by atoms with E-state index in [4.69, 9.17) is 9.26 Å². The van der Waals surface area contributed by atoms with Gasteiger partial charge in [-0.3, -0.25) is 4.79 Å². The number of carbonyl (C=O) groups excluding carboxylic acids is 1. The van der Waals surface area contributed by atoms with Gasteiger partial charge in [-0.25, -0.2) is 0 Å². The summed E-state index contributed by atoms with van der Waals surface area (Å²) in [6, 6.07) is 14.8. The monoisotopic (exact) mass is 402 g/mol. The van der Waals surface area contributed by atoms with Crippen molar-refractivity contribution in [1.82, 2.24) is 10.1 Å². The molecule has 0 fully saturated rings. The van der Waals surface area contributed by atoms with Crippen molar-refractivity contribution in [3.05, 3.63) is 64.5 Å². The van der Waals surface area contributed by atoms with Gasteiger partial charge in [0.15, 0.2) is 6.61 Å². The largest absolute Gasteiger partial charge is 0.484 e. The number of hydrogen-bond acceptors (Lipinski definition) is 6. The van der Waals surface area contributed by atoms with Gasteiger partial charge < -0.3 is 14.0 Å². The molecule has 1 heterocycles. The highest BCUT2D eigenvalue weighted by atomic mass is 79.9. The molecule has 3 aromatic rings. The molecule has 2 aromatic carbocycles. The van der Waals surface area contributed by atoms with E-state index in [-0.39, 0.29) is 19.0 Å². The number of halogens is 1. The fraction of sp³-hybridized carbons (Fsp3) is 0.167. The molecule has 1 aromatic heterocycles. The Labute approximate surface area is 152 Å². The molecule has 0 aliphatic heterocycles. The second-order valence-electron chi connectivity index (χ2n) is 5.21. The van der Waals surface area contributed by atoms with Gasteiger partial charge in [-0.05, 0) is 29.8 Å². The summed E-state index contributed by atoms with van der Waals surface area (Å²) in [5.41, 5.74) is 1.71. The highest BCUT2D eigenvalue weighted by Crippen LogP contribution is 2.21. The van der Waals surface area contributed by atoms with E-state index in [2.05, 4.69) is 30.8 Å². The standard InChI is InChI=1S/C18H15BrN2O4/c1-23-17(22)9-12-5-7-15(8-6-12)24-11-16-20-18(21-25-16)13-3-2-4-14(19)10-13/h2-8,10H,9,11H2,1H3. The normalized spacial score (nSPS) is 10.5. The molecule has 6 nitrogen and oxygen atoms in total. The Morgan fingerprint density at radius 3 is 2.72 bits per heavy atom. The third-order valence-corrected chi connectivity index (χ3v) is 3.91. The van der Waals surface area contributed by atoms with Crippen molar-refractivity contribution >= 4 is 21.9 Å². The minimum Gasteiger partial charge on any atom is -0.484 e. The Kier molecular flexibility index (Phi) is 5.45. The summed E-state index contributed by atoms with van der Waals surface area (Å²) in [5.74, 6) is 1.26. The molecule has 3 rings (SSSR count). The molecule has 0 N–H and O–H groups in total. The average Bonchev–Trinajstić information content (AvgIpc) is 3.10. The van der Waals surface area contributed by atoms with Crippen LogP contribution in [0.2, 0.25) is 0 Å². The van der Waals surface area contributed by atoms with Gasteiger partial charge in [0.1, 0.15) is 5.75 Å². The molecule has 0 radical (unpaired) electrons. The lowest BCUT2D eigenvalue weighted by Crippen LogP contribution is -2.04. The minimum atomic E-state index is -0.278. The van der Waals surface area contributed by atoms with Gasteiger partial charge in [0.05, 0.1) is 13.5 Å². The summed E-state index contributed by atoms with van der Waals surface area (Å²) in [7, 11) is 1.37. The molecule has 0 saturated heterocycles. The smallest absolute Gasteiger partial charge is 0.309 e. The van der Waals surface area contributed by atoms with E-state index < -0.39 is 0 Å². The molecule has 0 aliphatic rings. The van der Waals surface area contributed by atoms with E-state index in [1.165, 1.54) is 7.11 Å². The summed E-state index contributed by atoms with van der Waals surface area (Å²) in [5, 5.41) is 3.96. The lowest BCUT2D eigenvalue weighted by atomic mass is 10.1. The first-order chi connectivity index (χ1) is 12.1. The van der Waals surface area contributed by atoms with Crippen molar-refractivity contribution in [2.75, 3.05) is 7.11 Å². The Balaban J connectivity index is 1.60. The van der Waals surface area contributed by atoms with Gasteiger partial charge >= 0.3 is 5.97 Å². The Morgan fingerprint density at radius 1 is 1.20 bits per heavy atom. The second-order valence-corrected chi connectivity index (χ2v) is 6.12. The highest BCUT2D eigenvalue weighted by Gasteiger charge is 2.10. The first-order valence-corrected chi connectivity index (χ1v) is 8.30. The molecular formula is C18H15BrN2O4. The average molecular weight is 403 g/mol. The zero-order valence-electron chi connectivity index (χ0n) is 13.4. The van der Waals surface area contributed by atoms with Gasteiger partial charge in [-0.15, -0.1) is 0 Å². The van der Waals surface area contributed by atoms with Crippen LogP contribution in [0.5, 0.6) is 5.75 Å². The van der Waals surface area contributed by atoms with Crippen LogP contribution in [-0.2, 0) is 22.6 Å². The van der Waals surface area contributed by atoms with Crippen molar-refractivity contribution < 1.29 is 18.8 Å². The second kappa shape index (κ2) is 7.94. The summed E-state index contributed by atoms with van der Waals surface area (Å²) < 4.78 is 16.4. The Hall–Kier alpha value is -2.67. The van der Waals surface area contributed by atoms with Crippen molar-refractivity contribution in [3.63, 3.8) is 0 Å². The van der Waals surface area contributed by atoms with Crippen LogP contribution < -0.4 is 4.74 Å². The number of aromatic nitrogens is 2. The van der Waals surface area contributed by atoms with Crippen molar-refractivity contribution in [2.24, 2.45) is 0 Å². The molecule has 0 bridgehead atoms. The van der Waals surface area contributed by atoms with Crippen LogP contribution in [0, 0.1) is 0 Å². The number of methoxy groups -OCH3 is 1. The van der Waals surface area contributed by atoms with Gasteiger partial charge in [-0.2, -0.15) is 4.98 Å². The number of ether oxygens (including phenoxy) is 2. The van der Waals surface area contributed by atoms with Gasteiger partial charge in [0, 0.05) is 10.0 Å². The topological polar surface area (TPSA) is 74.5 Å². The lowest BCUT2D eigenvalue weighted by Gasteiger charge is -2.04. The molecule has 0 saturated carbocycles. The predicted molar refractivity (Wildman–Crippen MR) is 93.9 cm³/mol. The SMILES string of the molecule is COC(=O)Cc1ccc(OCc2nc(-c3cccc(Br)c3)no2)cc1. The van der Waals surface area contributed by atoms with Crippen LogP contribution in [0.3, 0.4) is 0 Å². The maximum atomic E-state index is 11.2. The van der Waals surface area contributed by atoms with Crippen LogP contribution in [0.15, 0.2) is 57.5 Å². The van der Waals surface area contributed by atoms with E-state index in [0.717, 1.165) is 15.6 Å². The third-order valence-electron chi connectivity index (χ3n) is 3.41. The Morgan fingerprint density at radius 2 is 2.00 bits per heavy atom. The lowest BCUT2D eigenvalue weighted by molar-refractivity contribution is -0.139. The fourth-order valence-electron chi connectivity index (χ4n) is 2.15. The molecule has 0 amide bonds. The van der Waals surface area contributed by atoms with Crippen LogP contribution in [0.1, 0.15) is 11.5 Å². The molecule has 0 aliphatic carbocycles. The van der Waals surface area contributed by atoms with Crippen LogP contribution in [0.25, 0.3) is 11.4 Å². The van der Waals surface area contributed by atoms with Crippen LogP contribution in [-0.4, -0.2) is 23.2 Å². The van der Waals surface area contributed by atoms with E-state index in [9.17, 15) is 4.79 Å². The Bertz CT molecular complexity index is 862. The minimum absolute atomic E-state index is 0.164. The molecule has 0 atom stereocenters. The number of carbonyl (C=O) groups is 1. The third kappa shape index (κ3) is 4.67. The van der Waals surface area contributed by atoms with Gasteiger partial charge in [-0.1, -0.05) is 45.4 Å². The molecule has 128 valence electrons. The molecule has 0 unspecified atom stereocenters. The zero-order chi connectivity index (χ0) is 17.6. The maximum Gasteiger partial charge on any atom is 0.309 e. The van der Waals surface area contributed by atoms with Gasteiger partial charge in [0.2, 0.25) is 5.82 Å². The predicted octanol–water partition coefficient (Wildman–Crippen LogP) is 3.79. The first kappa shape index (κ1) is 17.2. The summed E-state index contributed by atoms with van der Waals surface area (Å²) in [6.45, 7) is 0.164. The first-order valence-electron chi connectivity index (χ1n) is 7.51. The summed E-state index contributed by atoms with van der Waals surface area (Å²) in [6.07, 6.45) is 0.233. The fourth-order valence-corrected chi connectivity index (χ4v) is 2.54. The quantitative estimate of drug-likeness (QED) is 0.583. The maximum absolute atomic E-state index is 11.2. The van der Waals surface area contributed by atoms with Crippen molar-refractivity contribution in [1.29, 1.82) is 0 Å². The van der Waals surface area contributed by atoms with Crippen molar-refractivity contribution in [3.8, 4) is 17.1 Å². The highest BCUT2D eigenvalue weighted by molar-refractivity contribution is 9.10. The molecule has 7 heteroatoms. The van der Waals surface area contributed by atoms with E-state index in [1.807, 2.05) is 36.4 Å². The van der Waals surface area contributed by atoms with Crippen LogP contribution in [0.4, 0.5) is 0 Å². The number of rotatable bonds is 6. The van der Waals surface area contributed by atoms with Crippen molar-refractivity contribution in [2.45, 2.75) is 13.0 Å². The van der Waals surface area contributed by atoms with Gasteiger partial charge in [0.25, 0.3) is 5.89 Å². The van der Waals surface area contributed by atoms with Crippen LogP contribution >= 0.6 is 15.9 Å². The number of nitrogens with zero attached hydrogens (tertiary/aromatic N) is 2. The molecule has 0 spiro atoms. The van der Waals surface area contributed by atoms with E-state index >= 15 is 0 Å². The number of hydrogen-bond donors (Lipinski definition) is 0. The molecule has 25 heavy (non-hydrogen) atoms. The van der Waals surface area contributed by atoms with E-state index in [1.54, 1.807) is 12.1 Å². The number of esters is 1. The summed E-state index contributed by atoms with van der Waals surface area (Å²) in [4.78, 5) is 15.6. The number of benzene rings is 2. The summed E-state index contributed by atoms with van der Waals surface area (Å²) >= 11 is 3.41. The molecular weight excluding hydrogens is 388 g/mol. The zero-order valence-corrected chi connectivity index (χ0v) is 15.0. The van der Waals surface area contributed by atoms with E-state index in [0.29, 0.717) is 17.5 Å².